The second kappa shape index (κ2) is 5.03. The van der Waals surface area contributed by atoms with E-state index in [1.165, 1.54) is 31.8 Å². The molecule has 0 atom stereocenters. The molecule has 0 bridgehead atoms. The smallest absolute Gasteiger partial charge is 0.319 e. The van der Waals surface area contributed by atoms with Crippen LogP contribution in [0.3, 0.4) is 0 Å². The number of aromatic nitrogens is 4. The average molecular weight is 277 g/mol. The zero-order valence-electron chi connectivity index (χ0n) is 11.0. The normalized spacial score (nSPS) is 11.2. The van der Waals surface area contributed by atoms with Crippen molar-refractivity contribution >= 4 is 23.3 Å². The first-order valence-corrected chi connectivity index (χ1v) is 5.55. The van der Waals surface area contributed by atoms with Gasteiger partial charge in [0.05, 0.1) is 12.4 Å². The minimum Gasteiger partial charge on any atom is -0.319 e. The van der Waals surface area contributed by atoms with Crippen LogP contribution in [0.2, 0.25) is 0 Å². The lowest BCUT2D eigenvalue weighted by molar-refractivity contribution is -0.140. The first-order chi connectivity index (χ1) is 9.41. The van der Waals surface area contributed by atoms with Gasteiger partial charge in [-0.3, -0.25) is 13.9 Å². The highest BCUT2D eigenvalue weighted by Crippen LogP contribution is 2.00. The number of rotatable bonds is 2. The summed E-state index contributed by atoms with van der Waals surface area (Å²) in [5.41, 5.74) is -0.616. The van der Waals surface area contributed by atoms with Crippen molar-refractivity contribution in [3.63, 3.8) is 0 Å². The summed E-state index contributed by atoms with van der Waals surface area (Å²) in [6, 6.07) is 0. The largest absolute Gasteiger partial charge is 0.332 e. The van der Waals surface area contributed by atoms with Crippen molar-refractivity contribution < 1.29 is 9.63 Å². The third kappa shape index (κ3) is 2.32. The summed E-state index contributed by atoms with van der Waals surface area (Å²) in [5, 5.41) is 3.39. The fourth-order valence-corrected chi connectivity index (χ4v) is 1.56. The SMILES string of the molecule is CC(=O)O/N=C/c1cnc2c(n1)c(=O)n(C)c(=O)n2C. The molecule has 0 saturated heterocycles. The molecule has 0 amide bonds. The van der Waals surface area contributed by atoms with Crippen molar-refractivity contribution in [1.82, 2.24) is 19.1 Å². The van der Waals surface area contributed by atoms with Crippen LogP contribution in [0.15, 0.2) is 20.9 Å². The van der Waals surface area contributed by atoms with Gasteiger partial charge in [-0.25, -0.2) is 19.6 Å². The molecule has 104 valence electrons. The molecule has 0 aliphatic rings. The molecular weight excluding hydrogens is 266 g/mol. The predicted molar refractivity (Wildman–Crippen MR) is 69.4 cm³/mol. The van der Waals surface area contributed by atoms with E-state index in [2.05, 4.69) is 20.0 Å². The zero-order valence-corrected chi connectivity index (χ0v) is 11.0. The quantitative estimate of drug-likeness (QED) is 0.392. The molecule has 20 heavy (non-hydrogen) atoms. The second-order valence-corrected chi connectivity index (χ2v) is 3.99. The van der Waals surface area contributed by atoms with Gasteiger partial charge < -0.3 is 4.84 Å². The Morgan fingerprint density at radius 2 is 2.05 bits per heavy atom. The molecule has 0 fully saturated rings. The number of aryl methyl sites for hydroxylation is 1. The van der Waals surface area contributed by atoms with E-state index in [1.807, 2.05) is 0 Å². The molecule has 0 N–H and O–H groups in total. The molecule has 0 aliphatic carbocycles. The highest BCUT2D eigenvalue weighted by atomic mass is 16.7. The maximum atomic E-state index is 12.0. The van der Waals surface area contributed by atoms with Gasteiger partial charge in [0.25, 0.3) is 5.56 Å². The van der Waals surface area contributed by atoms with Gasteiger partial charge in [0.15, 0.2) is 11.2 Å². The molecule has 2 heterocycles. The van der Waals surface area contributed by atoms with E-state index in [0.29, 0.717) is 0 Å². The average Bonchev–Trinajstić information content (AvgIpc) is 2.42. The number of hydrogen-bond acceptors (Lipinski definition) is 7. The molecule has 0 spiro atoms. The third-order valence-electron chi connectivity index (χ3n) is 2.54. The van der Waals surface area contributed by atoms with Crippen LogP contribution in [0.25, 0.3) is 11.2 Å². The molecule has 0 saturated carbocycles. The molecule has 2 aromatic heterocycles. The Bertz CT molecular complexity index is 833. The van der Waals surface area contributed by atoms with E-state index in [1.54, 1.807) is 0 Å². The number of carbonyl (C=O) groups is 1. The van der Waals surface area contributed by atoms with Crippen LogP contribution in [-0.4, -0.2) is 31.3 Å². The number of oxime groups is 1. The van der Waals surface area contributed by atoms with Gasteiger partial charge in [0.1, 0.15) is 5.69 Å². The first-order valence-electron chi connectivity index (χ1n) is 5.55. The third-order valence-corrected chi connectivity index (χ3v) is 2.54. The molecule has 2 rings (SSSR count). The lowest BCUT2D eigenvalue weighted by Crippen LogP contribution is -2.37. The van der Waals surface area contributed by atoms with Gasteiger partial charge in [-0.15, -0.1) is 0 Å². The topological polar surface area (TPSA) is 108 Å². The van der Waals surface area contributed by atoms with Crippen molar-refractivity contribution in [3.8, 4) is 0 Å². The van der Waals surface area contributed by atoms with Crippen LogP contribution >= 0.6 is 0 Å². The lowest BCUT2D eigenvalue weighted by Gasteiger charge is -2.05. The van der Waals surface area contributed by atoms with E-state index < -0.39 is 17.2 Å². The van der Waals surface area contributed by atoms with Crippen LogP contribution in [0.1, 0.15) is 12.6 Å². The van der Waals surface area contributed by atoms with Crippen LogP contribution < -0.4 is 11.2 Å². The summed E-state index contributed by atoms with van der Waals surface area (Å²) < 4.78 is 2.15. The maximum absolute atomic E-state index is 12.0. The molecule has 9 heteroatoms. The molecule has 9 nitrogen and oxygen atoms in total. The minimum atomic E-state index is -0.576. The minimum absolute atomic E-state index is 0.0291. The summed E-state index contributed by atoms with van der Waals surface area (Å²) in [6.45, 7) is 1.20. The van der Waals surface area contributed by atoms with Crippen molar-refractivity contribution in [2.24, 2.45) is 19.3 Å². The summed E-state index contributed by atoms with van der Waals surface area (Å²) in [6.07, 6.45) is 2.46. The van der Waals surface area contributed by atoms with Gasteiger partial charge in [-0.2, -0.15) is 0 Å². The Morgan fingerprint density at radius 1 is 1.35 bits per heavy atom. The molecule has 2 aromatic rings. The van der Waals surface area contributed by atoms with Crippen molar-refractivity contribution in [1.29, 1.82) is 0 Å². The summed E-state index contributed by atoms with van der Waals surface area (Å²) in [7, 11) is 2.84. The summed E-state index contributed by atoms with van der Waals surface area (Å²) in [4.78, 5) is 46.6. The Morgan fingerprint density at radius 3 is 2.70 bits per heavy atom. The van der Waals surface area contributed by atoms with Gasteiger partial charge in [-0.1, -0.05) is 5.16 Å². The Balaban J connectivity index is 2.60. The summed E-state index contributed by atoms with van der Waals surface area (Å²) >= 11 is 0. The Hall–Kier alpha value is -2.84. The van der Waals surface area contributed by atoms with E-state index in [0.717, 1.165) is 10.8 Å². The van der Waals surface area contributed by atoms with Crippen molar-refractivity contribution in [2.45, 2.75) is 6.92 Å². The Kier molecular flexibility index (Phi) is 3.42. The van der Waals surface area contributed by atoms with Gasteiger partial charge in [0, 0.05) is 21.0 Å². The fraction of sp³-hybridized carbons (Fsp3) is 0.273. The van der Waals surface area contributed by atoms with Crippen LogP contribution in [0.4, 0.5) is 0 Å². The van der Waals surface area contributed by atoms with Crippen LogP contribution in [0, 0.1) is 0 Å². The molecule has 0 radical (unpaired) electrons. The highest BCUT2D eigenvalue weighted by molar-refractivity contribution is 5.80. The van der Waals surface area contributed by atoms with E-state index in [4.69, 9.17) is 0 Å². The number of fused-ring (bicyclic) bond motifs is 1. The van der Waals surface area contributed by atoms with Crippen LogP contribution in [-0.2, 0) is 23.7 Å². The predicted octanol–water partition coefficient (Wildman–Crippen LogP) is -1.08. The molecule has 0 aliphatic heterocycles. The maximum Gasteiger partial charge on any atom is 0.332 e. The highest BCUT2D eigenvalue weighted by Gasteiger charge is 2.11. The van der Waals surface area contributed by atoms with Gasteiger partial charge >= 0.3 is 11.7 Å². The second-order valence-electron chi connectivity index (χ2n) is 3.99. The monoisotopic (exact) mass is 277 g/mol. The molecule has 0 aromatic carbocycles. The Labute approximate surface area is 112 Å². The fourth-order valence-electron chi connectivity index (χ4n) is 1.56. The number of carbonyl (C=O) groups excluding carboxylic acids is 1. The zero-order chi connectivity index (χ0) is 14.9. The van der Waals surface area contributed by atoms with Crippen molar-refractivity contribution in [3.05, 3.63) is 32.7 Å². The van der Waals surface area contributed by atoms with Crippen LogP contribution in [0.5, 0.6) is 0 Å². The van der Waals surface area contributed by atoms with Crippen molar-refractivity contribution in [2.75, 3.05) is 0 Å². The number of hydrogen-bond donors (Lipinski definition) is 0. The molecular formula is C11H11N5O4. The number of nitrogens with zero attached hydrogens (tertiary/aromatic N) is 5. The van der Waals surface area contributed by atoms with Gasteiger partial charge in [-0.05, 0) is 0 Å². The summed E-state index contributed by atoms with van der Waals surface area (Å²) in [5.74, 6) is -0.576. The van der Waals surface area contributed by atoms with E-state index in [-0.39, 0.29) is 16.9 Å². The molecule has 0 unspecified atom stereocenters. The van der Waals surface area contributed by atoms with E-state index >= 15 is 0 Å². The lowest BCUT2D eigenvalue weighted by atomic mass is 10.4. The van der Waals surface area contributed by atoms with E-state index in [9.17, 15) is 14.4 Å². The standard InChI is InChI=1S/C11H11N5O4/c1-6(17)20-13-5-7-4-12-9-8(14-7)10(18)16(3)11(19)15(9)2/h4-5H,1-3H3/b13-5+. The first kappa shape index (κ1) is 13.6. The van der Waals surface area contributed by atoms with Gasteiger partial charge in [0.2, 0.25) is 0 Å².